The third kappa shape index (κ3) is 2.74. The summed E-state index contributed by atoms with van der Waals surface area (Å²) in [5.41, 5.74) is 0.591. The first-order valence-corrected chi connectivity index (χ1v) is 6.20. The van der Waals surface area contributed by atoms with E-state index in [4.69, 9.17) is 11.6 Å². The molecule has 1 aromatic rings. The van der Waals surface area contributed by atoms with E-state index in [1.54, 1.807) is 0 Å². The molecule has 0 bridgehead atoms. The van der Waals surface area contributed by atoms with Gasteiger partial charge in [-0.25, -0.2) is 4.39 Å². The summed E-state index contributed by atoms with van der Waals surface area (Å²) in [5.74, 6) is -0.585. The number of amides is 1. The lowest BCUT2D eigenvalue weighted by Crippen LogP contribution is -2.28. The highest BCUT2D eigenvalue weighted by molar-refractivity contribution is 9.10. The molecule has 0 aromatic heterocycles. The molecule has 16 heavy (non-hydrogen) atoms. The van der Waals surface area contributed by atoms with Gasteiger partial charge in [-0.05, 0) is 46.5 Å². The van der Waals surface area contributed by atoms with E-state index in [9.17, 15) is 9.18 Å². The van der Waals surface area contributed by atoms with Crippen molar-refractivity contribution in [1.82, 2.24) is 5.32 Å². The SMILES string of the molecule is O=C(NC1CC1)C(Cl)c1ccc(F)c(Br)c1. The maximum Gasteiger partial charge on any atom is 0.242 e. The van der Waals surface area contributed by atoms with Crippen molar-refractivity contribution in [3.8, 4) is 0 Å². The van der Waals surface area contributed by atoms with Gasteiger partial charge in [-0.2, -0.15) is 0 Å². The number of alkyl halides is 1. The van der Waals surface area contributed by atoms with Crippen LogP contribution in [-0.2, 0) is 4.79 Å². The Morgan fingerprint density at radius 3 is 2.81 bits per heavy atom. The van der Waals surface area contributed by atoms with Crippen molar-refractivity contribution in [3.63, 3.8) is 0 Å². The predicted octanol–water partition coefficient (Wildman–Crippen LogP) is 3.15. The summed E-state index contributed by atoms with van der Waals surface area (Å²) in [6, 6.07) is 4.61. The average molecular weight is 307 g/mol. The van der Waals surface area contributed by atoms with Gasteiger partial charge >= 0.3 is 0 Å². The summed E-state index contributed by atoms with van der Waals surface area (Å²) in [6.07, 6.45) is 2.03. The number of nitrogens with one attached hydrogen (secondary N) is 1. The maximum absolute atomic E-state index is 13.0. The molecule has 1 N–H and O–H groups in total. The molecular formula is C11H10BrClFNO. The van der Waals surface area contributed by atoms with Crippen LogP contribution in [0.4, 0.5) is 4.39 Å². The minimum absolute atomic E-state index is 0.220. The molecule has 86 valence electrons. The monoisotopic (exact) mass is 305 g/mol. The van der Waals surface area contributed by atoms with Gasteiger partial charge in [-0.1, -0.05) is 6.07 Å². The number of rotatable bonds is 3. The lowest BCUT2D eigenvalue weighted by molar-refractivity contribution is -0.121. The van der Waals surface area contributed by atoms with E-state index < -0.39 is 5.38 Å². The summed E-state index contributed by atoms with van der Waals surface area (Å²) in [6.45, 7) is 0. The molecule has 1 amide bonds. The molecule has 2 rings (SSSR count). The van der Waals surface area contributed by atoms with E-state index in [1.165, 1.54) is 18.2 Å². The summed E-state index contributed by atoms with van der Waals surface area (Å²) in [7, 11) is 0. The summed E-state index contributed by atoms with van der Waals surface area (Å²) in [5, 5.41) is 2.04. The number of hydrogen-bond donors (Lipinski definition) is 1. The molecule has 0 heterocycles. The van der Waals surface area contributed by atoms with E-state index in [2.05, 4.69) is 21.2 Å². The molecule has 5 heteroatoms. The second kappa shape index (κ2) is 4.72. The van der Waals surface area contributed by atoms with Crippen LogP contribution < -0.4 is 5.32 Å². The van der Waals surface area contributed by atoms with Crippen molar-refractivity contribution < 1.29 is 9.18 Å². The maximum atomic E-state index is 13.0. The van der Waals surface area contributed by atoms with E-state index >= 15 is 0 Å². The van der Waals surface area contributed by atoms with Gasteiger partial charge < -0.3 is 5.32 Å². The van der Waals surface area contributed by atoms with Gasteiger partial charge in [0.25, 0.3) is 0 Å². The van der Waals surface area contributed by atoms with Crippen molar-refractivity contribution in [1.29, 1.82) is 0 Å². The van der Waals surface area contributed by atoms with Crippen molar-refractivity contribution in [2.24, 2.45) is 0 Å². The molecule has 0 spiro atoms. The highest BCUT2D eigenvalue weighted by Gasteiger charge is 2.27. The fraction of sp³-hybridized carbons (Fsp3) is 0.364. The summed E-state index contributed by atoms with van der Waals surface area (Å²) >= 11 is 9.06. The molecule has 1 atom stereocenters. The highest BCUT2D eigenvalue weighted by Crippen LogP contribution is 2.27. The van der Waals surface area contributed by atoms with Gasteiger partial charge in [-0.3, -0.25) is 4.79 Å². The Morgan fingerprint density at radius 2 is 2.25 bits per heavy atom. The Kier molecular flexibility index (Phi) is 3.50. The Hall–Kier alpha value is -0.610. The van der Waals surface area contributed by atoms with Crippen LogP contribution in [0.15, 0.2) is 22.7 Å². The summed E-state index contributed by atoms with van der Waals surface area (Å²) in [4.78, 5) is 11.6. The standard InChI is InChI=1S/C11H10BrClFNO/c12-8-5-6(1-4-9(8)14)10(13)11(16)15-7-2-3-7/h1,4-5,7,10H,2-3H2,(H,15,16). The van der Waals surface area contributed by atoms with Gasteiger partial charge in [0.1, 0.15) is 11.2 Å². The van der Waals surface area contributed by atoms with Crippen molar-refractivity contribution in [2.45, 2.75) is 24.3 Å². The minimum atomic E-state index is -0.766. The fourth-order valence-electron chi connectivity index (χ4n) is 1.32. The van der Waals surface area contributed by atoms with Crippen LogP contribution in [0.5, 0.6) is 0 Å². The second-order valence-corrected chi connectivity index (χ2v) is 5.11. The zero-order chi connectivity index (χ0) is 11.7. The van der Waals surface area contributed by atoms with Gasteiger partial charge in [-0.15, -0.1) is 11.6 Å². The molecule has 0 saturated heterocycles. The van der Waals surface area contributed by atoms with Crippen LogP contribution in [-0.4, -0.2) is 11.9 Å². The first kappa shape index (κ1) is 11.9. The van der Waals surface area contributed by atoms with Crippen LogP contribution >= 0.6 is 27.5 Å². The topological polar surface area (TPSA) is 29.1 Å². The van der Waals surface area contributed by atoms with Gasteiger partial charge in [0.2, 0.25) is 5.91 Å². The molecule has 1 aliphatic carbocycles. The van der Waals surface area contributed by atoms with Crippen LogP contribution in [0.25, 0.3) is 0 Å². The first-order chi connectivity index (χ1) is 7.58. The van der Waals surface area contributed by atoms with Crippen molar-refractivity contribution in [3.05, 3.63) is 34.1 Å². The number of benzene rings is 1. The zero-order valence-corrected chi connectivity index (χ0v) is 10.7. The number of hydrogen-bond acceptors (Lipinski definition) is 1. The third-order valence-electron chi connectivity index (χ3n) is 2.39. The van der Waals surface area contributed by atoms with E-state index in [-0.39, 0.29) is 17.8 Å². The lowest BCUT2D eigenvalue weighted by Gasteiger charge is -2.10. The van der Waals surface area contributed by atoms with E-state index in [0.717, 1.165) is 12.8 Å². The Balaban J connectivity index is 2.09. The molecular weight excluding hydrogens is 296 g/mol. The number of halogens is 3. The molecule has 0 aliphatic heterocycles. The highest BCUT2D eigenvalue weighted by atomic mass is 79.9. The Bertz CT molecular complexity index is 422. The van der Waals surface area contributed by atoms with Crippen LogP contribution in [0.2, 0.25) is 0 Å². The smallest absolute Gasteiger partial charge is 0.242 e. The molecule has 2 nitrogen and oxygen atoms in total. The lowest BCUT2D eigenvalue weighted by atomic mass is 10.1. The molecule has 1 aliphatic rings. The van der Waals surface area contributed by atoms with Crippen LogP contribution in [0, 0.1) is 5.82 Å². The largest absolute Gasteiger partial charge is 0.352 e. The van der Waals surface area contributed by atoms with Crippen molar-refractivity contribution in [2.75, 3.05) is 0 Å². The molecule has 0 radical (unpaired) electrons. The zero-order valence-electron chi connectivity index (χ0n) is 8.34. The quantitative estimate of drug-likeness (QED) is 0.854. The van der Waals surface area contributed by atoms with Gasteiger partial charge in [0, 0.05) is 6.04 Å². The predicted molar refractivity (Wildman–Crippen MR) is 63.9 cm³/mol. The van der Waals surface area contributed by atoms with Crippen LogP contribution in [0.3, 0.4) is 0 Å². The molecule has 1 fully saturated rings. The van der Waals surface area contributed by atoms with Crippen molar-refractivity contribution >= 4 is 33.4 Å². The van der Waals surface area contributed by atoms with Crippen LogP contribution in [0.1, 0.15) is 23.8 Å². The molecule has 1 aromatic carbocycles. The first-order valence-electron chi connectivity index (χ1n) is 4.97. The second-order valence-electron chi connectivity index (χ2n) is 3.82. The molecule has 1 unspecified atom stereocenters. The third-order valence-corrected chi connectivity index (χ3v) is 3.45. The Labute approximate surface area is 106 Å². The average Bonchev–Trinajstić information content (AvgIpc) is 3.05. The number of carbonyl (C=O) groups excluding carboxylic acids is 1. The normalized spacial score (nSPS) is 16.9. The van der Waals surface area contributed by atoms with E-state index in [0.29, 0.717) is 10.0 Å². The summed E-state index contributed by atoms with van der Waals surface area (Å²) < 4.78 is 13.3. The number of carbonyl (C=O) groups is 1. The van der Waals surface area contributed by atoms with Gasteiger partial charge in [0.05, 0.1) is 4.47 Å². The minimum Gasteiger partial charge on any atom is -0.352 e. The van der Waals surface area contributed by atoms with Gasteiger partial charge in [0.15, 0.2) is 0 Å². The van der Waals surface area contributed by atoms with E-state index in [1.807, 2.05) is 0 Å². The molecule has 1 saturated carbocycles. The Morgan fingerprint density at radius 1 is 1.56 bits per heavy atom. The fourth-order valence-corrected chi connectivity index (χ4v) is 1.92.